The van der Waals surface area contributed by atoms with Gasteiger partial charge < -0.3 is 9.64 Å². The lowest BCUT2D eigenvalue weighted by Gasteiger charge is -2.20. The zero-order valence-electron chi connectivity index (χ0n) is 25.4. The standard InChI is InChI=1S/C29H31NO2.3C2H6/c1-21-10-6-7-13-26(21)17-16-23(3)30(5)19-25-12-9-15-28(18-25)32-20-27-14-8-11-22(2)29(27)24(4)31;3*1-2/h6-18H,1,19-20H2,2-5H3;3*1-2H3/b23-16+,26-17-;;;. The van der Waals surface area contributed by atoms with Gasteiger partial charge in [0.2, 0.25) is 0 Å². The average Bonchev–Trinajstić information content (AvgIpc) is 2.94. The van der Waals surface area contributed by atoms with E-state index >= 15 is 0 Å². The molecule has 0 atom stereocenters. The lowest BCUT2D eigenvalue weighted by Crippen LogP contribution is -2.21. The van der Waals surface area contributed by atoms with Crippen molar-refractivity contribution in [2.75, 3.05) is 7.05 Å². The first-order valence-electron chi connectivity index (χ1n) is 13.8. The molecular formula is C35H49NO2. The number of ketones is 1. The van der Waals surface area contributed by atoms with Crippen molar-refractivity contribution in [3.63, 3.8) is 0 Å². The van der Waals surface area contributed by atoms with Crippen LogP contribution in [-0.2, 0) is 13.2 Å². The molecule has 3 aromatic rings. The summed E-state index contributed by atoms with van der Waals surface area (Å²) in [4.78, 5) is 14.2. The maximum absolute atomic E-state index is 12.0. The second-order valence-corrected chi connectivity index (χ2v) is 8.13. The molecule has 0 aliphatic rings. The summed E-state index contributed by atoms with van der Waals surface area (Å²) >= 11 is 0. The Balaban J connectivity index is 0.00000213. The van der Waals surface area contributed by atoms with Gasteiger partial charge in [0, 0.05) is 30.4 Å². The van der Waals surface area contributed by atoms with Crippen molar-refractivity contribution in [2.45, 2.75) is 75.5 Å². The van der Waals surface area contributed by atoms with Gasteiger partial charge in [-0.3, -0.25) is 4.79 Å². The second-order valence-electron chi connectivity index (χ2n) is 8.13. The highest BCUT2D eigenvalue weighted by molar-refractivity contribution is 5.96. The number of carbonyl (C=O) groups is 1. The molecule has 3 rings (SSSR count). The number of hydrogen-bond donors (Lipinski definition) is 0. The second kappa shape index (κ2) is 19.5. The third kappa shape index (κ3) is 11.2. The minimum Gasteiger partial charge on any atom is -0.489 e. The highest BCUT2D eigenvalue weighted by Gasteiger charge is 2.11. The molecule has 0 saturated heterocycles. The minimum atomic E-state index is 0.0672. The molecule has 38 heavy (non-hydrogen) atoms. The normalized spacial score (nSPS) is 10.6. The fraction of sp³-hybridized carbons (Fsp3) is 0.343. The third-order valence-electron chi connectivity index (χ3n) is 5.58. The quantitative estimate of drug-likeness (QED) is 0.284. The summed E-state index contributed by atoms with van der Waals surface area (Å²) in [5.41, 5.74) is 4.97. The molecule has 0 N–H and O–H groups in total. The number of benzene rings is 3. The van der Waals surface area contributed by atoms with Gasteiger partial charge >= 0.3 is 0 Å². The molecule has 0 bridgehead atoms. The van der Waals surface area contributed by atoms with Crippen LogP contribution in [0, 0.1) is 6.92 Å². The van der Waals surface area contributed by atoms with E-state index in [2.05, 4.69) is 55.8 Å². The Bertz CT molecular complexity index is 1240. The SMILES string of the molecule is C=c1cccc/c1=C/C=C(\C)N(C)Cc1cccc(OCc2cccc(C)c2C(C)=O)c1.CC.CC.CC. The van der Waals surface area contributed by atoms with E-state index in [0.29, 0.717) is 6.61 Å². The first-order chi connectivity index (χ1) is 18.3. The van der Waals surface area contributed by atoms with Crippen molar-refractivity contribution in [1.29, 1.82) is 0 Å². The molecule has 3 heteroatoms. The van der Waals surface area contributed by atoms with Crippen LogP contribution >= 0.6 is 0 Å². The summed E-state index contributed by atoms with van der Waals surface area (Å²) in [7, 11) is 2.08. The van der Waals surface area contributed by atoms with Crippen LogP contribution in [0.2, 0.25) is 0 Å². The number of ether oxygens (including phenoxy) is 1. The molecule has 0 radical (unpaired) electrons. The molecule has 0 saturated carbocycles. The zero-order valence-corrected chi connectivity index (χ0v) is 25.4. The van der Waals surface area contributed by atoms with E-state index < -0.39 is 0 Å². The lowest BCUT2D eigenvalue weighted by molar-refractivity contribution is 0.101. The molecular weight excluding hydrogens is 466 g/mol. The Morgan fingerprint density at radius 1 is 0.895 bits per heavy atom. The summed E-state index contributed by atoms with van der Waals surface area (Å²) < 4.78 is 6.04. The van der Waals surface area contributed by atoms with Crippen LogP contribution in [0.5, 0.6) is 5.75 Å². The number of aryl methyl sites for hydroxylation is 1. The van der Waals surface area contributed by atoms with Gasteiger partial charge in [-0.05, 0) is 60.5 Å². The predicted molar refractivity (Wildman–Crippen MR) is 167 cm³/mol. The van der Waals surface area contributed by atoms with Crippen LogP contribution < -0.4 is 15.2 Å². The molecule has 0 fully saturated rings. The van der Waals surface area contributed by atoms with Crippen molar-refractivity contribution < 1.29 is 9.53 Å². The topological polar surface area (TPSA) is 29.5 Å². The van der Waals surface area contributed by atoms with Gasteiger partial charge in [0.1, 0.15) is 12.4 Å². The Morgan fingerprint density at radius 2 is 1.53 bits per heavy atom. The number of Topliss-reactive ketones (excluding diaryl/α,β-unsaturated/α-hetero) is 1. The number of hydrogen-bond acceptors (Lipinski definition) is 3. The molecule has 0 unspecified atom stereocenters. The highest BCUT2D eigenvalue weighted by atomic mass is 16.5. The van der Waals surface area contributed by atoms with Crippen molar-refractivity contribution in [3.8, 4) is 5.75 Å². The first kappa shape index (κ1) is 34.4. The number of carbonyl (C=O) groups excluding carboxylic acids is 1. The van der Waals surface area contributed by atoms with Crippen LogP contribution in [0.25, 0.3) is 12.7 Å². The molecule has 0 heterocycles. The predicted octanol–water partition coefficient (Wildman–Crippen LogP) is 8.08. The number of allylic oxidation sites excluding steroid dienone is 2. The van der Waals surface area contributed by atoms with Crippen LogP contribution in [0.3, 0.4) is 0 Å². The summed E-state index contributed by atoms with van der Waals surface area (Å²) in [6.07, 6.45) is 4.22. The number of rotatable bonds is 8. The van der Waals surface area contributed by atoms with E-state index in [9.17, 15) is 4.79 Å². The van der Waals surface area contributed by atoms with E-state index in [4.69, 9.17) is 4.74 Å². The summed E-state index contributed by atoms with van der Waals surface area (Å²) in [5.74, 6) is 0.865. The van der Waals surface area contributed by atoms with E-state index in [0.717, 1.165) is 50.7 Å². The Labute approximate surface area is 232 Å². The van der Waals surface area contributed by atoms with Gasteiger partial charge in [0.25, 0.3) is 0 Å². The molecule has 206 valence electrons. The van der Waals surface area contributed by atoms with Crippen LogP contribution in [0.4, 0.5) is 0 Å². The molecule has 0 aliphatic carbocycles. The van der Waals surface area contributed by atoms with E-state index in [1.165, 1.54) is 0 Å². The van der Waals surface area contributed by atoms with E-state index in [-0.39, 0.29) is 5.78 Å². The first-order valence-corrected chi connectivity index (χ1v) is 13.8. The largest absolute Gasteiger partial charge is 0.489 e. The molecule has 0 aliphatic heterocycles. The monoisotopic (exact) mass is 515 g/mol. The van der Waals surface area contributed by atoms with Crippen LogP contribution in [0.15, 0.2) is 78.5 Å². The van der Waals surface area contributed by atoms with Crippen molar-refractivity contribution in [3.05, 3.63) is 111 Å². The van der Waals surface area contributed by atoms with E-state index in [1.54, 1.807) is 6.92 Å². The van der Waals surface area contributed by atoms with Gasteiger partial charge in [-0.25, -0.2) is 0 Å². The smallest absolute Gasteiger partial charge is 0.160 e. The van der Waals surface area contributed by atoms with Crippen molar-refractivity contribution in [2.24, 2.45) is 0 Å². The molecule has 0 amide bonds. The fourth-order valence-corrected chi connectivity index (χ4v) is 3.68. The van der Waals surface area contributed by atoms with Gasteiger partial charge in [0.15, 0.2) is 5.78 Å². The summed E-state index contributed by atoms with van der Waals surface area (Å²) in [6.45, 7) is 22.9. The Morgan fingerprint density at radius 3 is 2.16 bits per heavy atom. The van der Waals surface area contributed by atoms with Crippen molar-refractivity contribution in [1.82, 2.24) is 4.90 Å². The molecule has 0 aromatic heterocycles. The Kier molecular flexibility index (Phi) is 17.7. The minimum absolute atomic E-state index is 0.0672. The summed E-state index contributed by atoms with van der Waals surface area (Å²) in [6, 6.07) is 22.1. The Hall–Kier alpha value is -3.59. The van der Waals surface area contributed by atoms with Gasteiger partial charge in [-0.2, -0.15) is 0 Å². The molecule has 0 spiro atoms. The highest BCUT2D eigenvalue weighted by Crippen LogP contribution is 2.20. The van der Waals surface area contributed by atoms with Gasteiger partial charge in [-0.1, -0.05) is 109 Å². The van der Waals surface area contributed by atoms with Gasteiger partial charge in [-0.15, -0.1) is 0 Å². The van der Waals surface area contributed by atoms with Gasteiger partial charge in [0.05, 0.1) is 0 Å². The fourth-order valence-electron chi connectivity index (χ4n) is 3.68. The maximum Gasteiger partial charge on any atom is 0.160 e. The van der Waals surface area contributed by atoms with Crippen molar-refractivity contribution >= 4 is 18.4 Å². The average molecular weight is 516 g/mol. The third-order valence-corrected chi connectivity index (χ3v) is 5.58. The molecule has 3 nitrogen and oxygen atoms in total. The van der Waals surface area contributed by atoms with Crippen LogP contribution in [0.1, 0.15) is 82.4 Å². The maximum atomic E-state index is 12.0. The van der Waals surface area contributed by atoms with E-state index in [1.807, 2.05) is 97.0 Å². The lowest BCUT2D eigenvalue weighted by atomic mass is 9.99. The van der Waals surface area contributed by atoms with Crippen LogP contribution in [-0.4, -0.2) is 17.7 Å². The zero-order chi connectivity index (χ0) is 29.1. The number of nitrogens with zero attached hydrogens (tertiary/aromatic N) is 1. The summed E-state index contributed by atoms with van der Waals surface area (Å²) in [5, 5.41) is 2.14. The molecule has 3 aromatic carbocycles.